The maximum Gasteiger partial charge on any atom is 0.322 e. The van der Waals surface area contributed by atoms with E-state index in [1.165, 1.54) is 34.7 Å². The van der Waals surface area contributed by atoms with Crippen LogP contribution in [0.5, 0.6) is 17.2 Å². The fourth-order valence-corrected chi connectivity index (χ4v) is 5.40. The topological polar surface area (TPSA) is 83.2 Å². The van der Waals surface area contributed by atoms with Gasteiger partial charge in [0.25, 0.3) is 0 Å². The lowest BCUT2D eigenvalue weighted by molar-refractivity contribution is -0.145. The first-order valence-electron chi connectivity index (χ1n) is 11.9. The lowest BCUT2D eigenvalue weighted by Crippen LogP contribution is -2.35. The average Bonchev–Trinajstić information content (AvgIpc) is 3.32. The van der Waals surface area contributed by atoms with Crippen LogP contribution in [0.4, 0.5) is 0 Å². The summed E-state index contributed by atoms with van der Waals surface area (Å²) >= 11 is 0. The second kappa shape index (κ2) is 9.31. The molecule has 1 fully saturated rings. The number of benzene rings is 3. The summed E-state index contributed by atoms with van der Waals surface area (Å²) in [6.07, 6.45) is 3.57. The van der Waals surface area contributed by atoms with Crippen LogP contribution >= 0.6 is 0 Å². The summed E-state index contributed by atoms with van der Waals surface area (Å²) in [6.45, 7) is 4.15. The first kappa shape index (κ1) is 22.7. The Labute approximate surface area is 199 Å². The highest BCUT2D eigenvalue weighted by Crippen LogP contribution is 2.44. The molecule has 1 saturated heterocycles. The van der Waals surface area contributed by atoms with Crippen molar-refractivity contribution >= 4 is 27.5 Å². The van der Waals surface area contributed by atoms with Crippen LogP contribution in [0.1, 0.15) is 30.9 Å². The quantitative estimate of drug-likeness (QED) is 0.323. The van der Waals surface area contributed by atoms with Gasteiger partial charge in [-0.2, -0.15) is 0 Å². The molecule has 2 aliphatic rings. The second-order valence-corrected chi connectivity index (χ2v) is 9.19. The number of esters is 1. The van der Waals surface area contributed by atoms with Crippen molar-refractivity contribution in [3.63, 3.8) is 0 Å². The summed E-state index contributed by atoms with van der Waals surface area (Å²) in [4.78, 5) is 14.2. The Bertz CT molecular complexity index is 1240. The number of nitrogens with zero attached hydrogens (tertiary/aromatic N) is 1. The first-order valence-corrected chi connectivity index (χ1v) is 11.9. The molecule has 0 aromatic heterocycles. The number of hydrogen-bond acceptors (Lipinski definition) is 7. The van der Waals surface area contributed by atoms with Gasteiger partial charge in [-0.05, 0) is 89.7 Å². The van der Waals surface area contributed by atoms with E-state index in [1.807, 2.05) is 6.07 Å². The third-order valence-corrected chi connectivity index (χ3v) is 7.09. The molecular formula is C27H32N2O5. The van der Waals surface area contributed by atoms with Gasteiger partial charge >= 0.3 is 5.97 Å². The molecular weight excluding hydrogens is 432 g/mol. The minimum atomic E-state index is -0.639. The van der Waals surface area contributed by atoms with Gasteiger partial charge in [0.15, 0.2) is 11.5 Å². The van der Waals surface area contributed by atoms with E-state index >= 15 is 0 Å². The highest BCUT2D eigenvalue weighted by Gasteiger charge is 2.32. The predicted octanol–water partition coefficient (Wildman–Crippen LogP) is 3.80. The number of carbonyl (C=O) groups is 1. The van der Waals surface area contributed by atoms with Crippen molar-refractivity contribution in [1.29, 1.82) is 0 Å². The van der Waals surface area contributed by atoms with Crippen molar-refractivity contribution < 1.29 is 23.7 Å². The number of methoxy groups -OCH3 is 2. The van der Waals surface area contributed by atoms with Crippen LogP contribution < -0.4 is 19.9 Å². The summed E-state index contributed by atoms with van der Waals surface area (Å²) < 4.78 is 22.3. The molecule has 0 radical (unpaired) electrons. The van der Waals surface area contributed by atoms with E-state index in [0.29, 0.717) is 11.8 Å². The summed E-state index contributed by atoms with van der Waals surface area (Å²) in [5, 5.41) is 4.72. The number of hydrogen-bond donors (Lipinski definition) is 1. The van der Waals surface area contributed by atoms with E-state index in [9.17, 15) is 4.79 Å². The van der Waals surface area contributed by atoms with Gasteiger partial charge < -0.3 is 24.7 Å². The molecule has 0 aliphatic carbocycles. The third-order valence-electron chi connectivity index (χ3n) is 7.09. The van der Waals surface area contributed by atoms with Crippen molar-refractivity contribution in [2.45, 2.75) is 44.8 Å². The molecule has 180 valence electrons. The van der Waals surface area contributed by atoms with Crippen LogP contribution in [-0.4, -0.2) is 56.9 Å². The minimum Gasteiger partial charge on any atom is -0.493 e. The van der Waals surface area contributed by atoms with Gasteiger partial charge in [0, 0.05) is 12.6 Å². The van der Waals surface area contributed by atoms with Gasteiger partial charge in [-0.25, -0.2) is 0 Å². The zero-order valence-corrected chi connectivity index (χ0v) is 20.1. The van der Waals surface area contributed by atoms with Crippen LogP contribution in [0.2, 0.25) is 0 Å². The number of ether oxygens (including phenoxy) is 4. The van der Waals surface area contributed by atoms with Crippen molar-refractivity contribution in [1.82, 2.24) is 4.90 Å². The molecule has 2 aliphatic heterocycles. The molecule has 34 heavy (non-hydrogen) atoms. The number of carbonyl (C=O) groups excluding carboxylic acids is 1. The largest absolute Gasteiger partial charge is 0.493 e. The molecule has 0 bridgehead atoms. The van der Waals surface area contributed by atoms with E-state index < -0.39 is 12.0 Å². The fraction of sp³-hybridized carbons (Fsp3) is 0.444. The Morgan fingerprint density at radius 2 is 1.76 bits per heavy atom. The molecule has 7 heteroatoms. The zero-order chi connectivity index (χ0) is 23.8. The number of nitrogens with two attached hydrogens (primary N) is 1. The summed E-state index contributed by atoms with van der Waals surface area (Å²) in [5.74, 6) is 1.76. The summed E-state index contributed by atoms with van der Waals surface area (Å²) in [7, 11) is 3.35. The van der Waals surface area contributed by atoms with E-state index in [0.717, 1.165) is 41.8 Å². The first-order chi connectivity index (χ1) is 16.5. The van der Waals surface area contributed by atoms with Crippen molar-refractivity contribution in [2.24, 2.45) is 5.73 Å². The van der Waals surface area contributed by atoms with E-state index in [4.69, 9.17) is 24.7 Å². The summed E-state index contributed by atoms with van der Waals surface area (Å²) in [5.41, 5.74) is 8.35. The van der Waals surface area contributed by atoms with Gasteiger partial charge in [0.2, 0.25) is 0 Å². The van der Waals surface area contributed by atoms with Gasteiger partial charge in [-0.15, -0.1) is 0 Å². The molecule has 7 nitrogen and oxygen atoms in total. The minimum absolute atomic E-state index is 0.157. The summed E-state index contributed by atoms with van der Waals surface area (Å²) in [6, 6.07) is 10.4. The Kier molecular flexibility index (Phi) is 6.23. The second-order valence-electron chi connectivity index (χ2n) is 9.19. The maximum absolute atomic E-state index is 11.6. The molecule has 3 aromatic rings. The number of rotatable bonds is 7. The Morgan fingerprint density at radius 1 is 1.03 bits per heavy atom. The predicted molar refractivity (Wildman–Crippen MR) is 132 cm³/mol. The average molecular weight is 465 g/mol. The molecule has 2 heterocycles. The smallest absolute Gasteiger partial charge is 0.322 e. The SMILES string of the molecule is COc1cc2c3c(c4ccc(OCCOC(=O)[C@H](C)N)cc4c2cc1OC)CN1CCC[C@@H]1C3. The van der Waals surface area contributed by atoms with Gasteiger partial charge in [-0.1, -0.05) is 6.07 Å². The van der Waals surface area contributed by atoms with Gasteiger partial charge in [0.1, 0.15) is 25.0 Å². The molecule has 2 atom stereocenters. The van der Waals surface area contributed by atoms with E-state index in [2.05, 4.69) is 29.2 Å². The monoisotopic (exact) mass is 464 g/mol. The van der Waals surface area contributed by atoms with Crippen LogP contribution in [0.25, 0.3) is 21.5 Å². The van der Waals surface area contributed by atoms with E-state index in [1.54, 1.807) is 21.1 Å². The maximum atomic E-state index is 11.6. The van der Waals surface area contributed by atoms with Crippen LogP contribution in [0, 0.1) is 0 Å². The highest BCUT2D eigenvalue weighted by molar-refractivity contribution is 6.12. The lowest BCUT2D eigenvalue weighted by atomic mass is 9.85. The molecule has 0 unspecified atom stereocenters. The van der Waals surface area contributed by atoms with E-state index in [-0.39, 0.29) is 13.2 Å². The molecule has 5 rings (SSSR count). The molecule has 0 spiro atoms. The van der Waals surface area contributed by atoms with Crippen molar-refractivity contribution in [3.05, 3.63) is 41.5 Å². The van der Waals surface area contributed by atoms with Crippen LogP contribution in [0.15, 0.2) is 30.3 Å². The fourth-order valence-electron chi connectivity index (χ4n) is 5.40. The molecule has 0 amide bonds. The Hall–Kier alpha value is -3.03. The van der Waals surface area contributed by atoms with Crippen LogP contribution in [-0.2, 0) is 22.5 Å². The lowest BCUT2D eigenvalue weighted by Gasteiger charge is -2.33. The molecule has 3 aromatic carbocycles. The van der Waals surface area contributed by atoms with Gasteiger partial charge in [0.05, 0.1) is 14.2 Å². The Balaban J connectivity index is 1.57. The third kappa shape index (κ3) is 4.03. The van der Waals surface area contributed by atoms with Crippen molar-refractivity contribution in [3.8, 4) is 17.2 Å². The standard InChI is InChI=1S/C27H32N2O5/c1-16(28)27(30)34-10-9-33-18-6-7-19-21(12-18)23-14-26(32-3)25(31-2)13-22(23)20-11-17-5-4-8-29(17)15-24(19)20/h6-7,12-14,16-17H,4-5,8-11,15,28H2,1-3H3/t16-,17+/m0/s1. The normalized spacial score (nSPS) is 18.4. The van der Waals surface area contributed by atoms with Crippen molar-refractivity contribution in [2.75, 3.05) is 34.0 Å². The zero-order valence-electron chi connectivity index (χ0n) is 20.1. The Morgan fingerprint density at radius 3 is 2.50 bits per heavy atom. The highest BCUT2D eigenvalue weighted by atomic mass is 16.6. The molecule has 0 saturated carbocycles. The van der Waals surface area contributed by atoms with Gasteiger partial charge in [-0.3, -0.25) is 9.69 Å². The van der Waals surface area contributed by atoms with Crippen LogP contribution in [0.3, 0.4) is 0 Å². The number of fused-ring (bicyclic) bond motifs is 7. The molecule has 2 N–H and O–H groups in total.